The number of benzene rings is 2. The average molecular weight is 377 g/mol. The summed E-state index contributed by atoms with van der Waals surface area (Å²) in [5, 5.41) is 14.8. The number of hydrogen-bond donors (Lipinski definition) is 0. The van der Waals surface area contributed by atoms with Gasteiger partial charge in [0.1, 0.15) is 10.8 Å². The second kappa shape index (κ2) is 6.05. The van der Waals surface area contributed by atoms with Gasteiger partial charge in [-0.05, 0) is 36.4 Å². The zero-order chi connectivity index (χ0) is 16.7. The lowest BCUT2D eigenvalue weighted by molar-refractivity contribution is 0.415. The van der Waals surface area contributed by atoms with Crippen molar-refractivity contribution < 1.29 is 4.74 Å². The number of ether oxygens (including phenoxy) is 1. The Morgan fingerprint density at radius 3 is 2.42 bits per heavy atom. The summed E-state index contributed by atoms with van der Waals surface area (Å²) in [7, 11) is 1.63. The van der Waals surface area contributed by atoms with Gasteiger partial charge in [-0.2, -0.15) is 9.61 Å². The molecule has 4 aromatic rings. The lowest BCUT2D eigenvalue weighted by Crippen LogP contribution is -1.91. The van der Waals surface area contributed by atoms with E-state index in [2.05, 4.69) is 15.3 Å². The van der Waals surface area contributed by atoms with Gasteiger partial charge in [0.2, 0.25) is 4.96 Å². The van der Waals surface area contributed by atoms with Crippen LogP contribution in [0.2, 0.25) is 10.0 Å². The van der Waals surface area contributed by atoms with Crippen LogP contribution in [0.25, 0.3) is 26.9 Å². The highest BCUT2D eigenvalue weighted by atomic mass is 35.5. The Bertz CT molecular complexity index is 1030. The van der Waals surface area contributed by atoms with Gasteiger partial charge in [0.25, 0.3) is 0 Å². The highest BCUT2D eigenvalue weighted by Crippen LogP contribution is 2.32. The van der Waals surface area contributed by atoms with E-state index in [1.54, 1.807) is 23.8 Å². The molecule has 5 nitrogen and oxygen atoms in total. The number of nitrogens with zero attached hydrogens (tertiary/aromatic N) is 4. The van der Waals surface area contributed by atoms with Gasteiger partial charge in [-0.3, -0.25) is 0 Å². The van der Waals surface area contributed by atoms with Crippen LogP contribution >= 0.6 is 34.5 Å². The van der Waals surface area contributed by atoms with Crippen LogP contribution in [-0.2, 0) is 0 Å². The van der Waals surface area contributed by atoms with Crippen LogP contribution in [0.5, 0.6) is 5.75 Å². The van der Waals surface area contributed by atoms with Crippen molar-refractivity contribution in [2.45, 2.75) is 0 Å². The monoisotopic (exact) mass is 376 g/mol. The quantitative estimate of drug-likeness (QED) is 0.513. The number of methoxy groups -OCH3 is 1. The number of aromatic nitrogens is 4. The summed E-state index contributed by atoms with van der Waals surface area (Å²) in [4.78, 5) is 0.710. The van der Waals surface area contributed by atoms with E-state index in [1.165, 1.54) is 11.3 Å². The van der Waals surface area contributed by atoms with Gasteiger partial charge in [0, 0.05) is 11.1 Å². The van der Waals surface area contributed by atoms with Crippen molar-refractivity contribution in [1.82, 2.24) is 19.8 Å². The van der Waals surface area contributed by atoms with Gasteiger partial charge in [0.05, 0.1) is 17.2 Å². The van der Waals surface area contributed by atoms with E-state index in [0.29, 0.717) is 20.8 Å². The molecule has 2 heterocycles. The SMILES string of the molecule is COc1ccc(-c2nnc3sc(-c4ccc(Cl)c(Cl)c4)nn23)cc1. The smallest absolute Gasteiger partial charge is 0.235 e. The summed E-state index contributed by atoms with van der Waals surface area (Å²) in [6, 6.07) is 13.0. The first-order chi connectivity index (χ1) is 11.7. The molecule has 0 saturated carbocycles. The van der Waals surface area contributed by atoms with E-state index >= 15 is 0 Å². The third-order valence-corrected chi connectivity index (χ3v) is 5.19. The number of rotatable bonds is 3. The minimum absolute atomic E-state index is 0.496. The summed E-state index contributed by atoms with van der Waals surface area (Å²) in [5.74, 6) is 1.46. The average Bonchev–Trinajstić information content (AvgIpc) is 3.18. The molecule has 0 saturated heterocycles. The highest BCUT2D eigenvalue weighted by Gasteiger charge is 2.15. The fourth-order valence-electron chi connectivity index (χ4n) is 2.28. The molecule has 0 aliphatic carbocycles. The molecule has 0 N–H and O–H groups in total. The Kier molecular flexibility index (Phi) is 3.88. The molecular weight excluding hydrogens is 367 g/mol. The molecule has 120 valence electrons. The Balaban J connectivity index is 1.79. The molecule has 0 aliphatic heterocycles. The summed E-state index contributed by atoms with van der Waals surface area (Å²) in [5.41, 5.74) is 1.80. The molecule has 0 bridgehead atoms. The van der Waals surface area contributed by atoms with Crippen molar-refractivity contribution in [3.05, 3.63) is 52.5 Å². The van der Waals surface area contributed by atoms with E-state index in [0.717, 1.165) is 21.9 Å². The molecule has 0 spiro atoms. The molecule has 0 unspecified atom stereocenters. The Labute approximate surface area is 151 Å². The zero-order valence-corrected chi connectivity index (χ0v) is 14.7. The first-order valence-electron chi connectivity index (χ1n) is 6.98. The van der Waals surface area contributed by atoms with Gasteiger partial charge < -0.3 is 4.74 Å². The van der Waals surface area contributed by atoms with E-state index in [1.807, 2.05) is 30.3 Å². The second-order valence-corrected chi connectivity index (χ2v) is 6.75. The van der Waals surface area contributed by atoms with Crippen molar-refractivity contribution >= 4 is 39.5 Å². The fraction of sp³-hybridized carbons (Fsp3) is 0.0625. The van der Waals surface area contributed by atoms with Crippen molar-refractivity contribution in [3.8, 4) is 27.7 Å². The Hall–Kier alpha value is -2.15. The van der Waals surface area contributed by atoms with E-state index in [9.17, 15) is 0 Å². The lowest BCUT2D eigenvalue weighted by Gasteiger charge is -2.01. The van der Waals surface area contributed by atoms with Crippen LogP contribution < -0.4 is 4.74 Å². The molecule has 0 radical (unpaired) electrons. The number of hydrogen-bond acceptors (Lipinski definition) is 5. The summed E-state index contributed by atoms with van der Waals surface area (Å²) in [6.07, 6.45) is 0. The maximum atomic E-state index is 6.09. The topological polar surface area (TPSA) is 52.3 Å². The van der Waals surface area contributed by atoms with Crippen molar-refractivity contribution in [1.29, 1.82) is 0 Å². The minimum atomic E-state index is 0.496. The van der Waals surface area contributed by atoms with Gasteiger partial charge in [-0.25, -0.2) is 0 Å². The first kappa shape index (κ1) is 15.4. The maximum Gasteiger partial charge on any atom is 0.235 e. The van der Waals surface area contributed by atoms with Gasteiger partial charge in [-0.1, -0.05) is 40.6 Å². The summed E-state index contributed by atoms with van der Waals surface area (Å²) >= 11 is 13.5. The van der Waals surface area contributed by atoms with Crippen molar-refractivity contribution in [2.24, 2.45) is 0 Å². The van der Waals surface area contributed by atoms with Crippen LogP contribution in [0.4, 0.5) is 0 Å². The molecule has 0 amide bonds. The fourth-order valence-corrected chi connectivity index (χ4v) is 3.42. The third kappa shape index (κ3) is 2.62. The third-order valence-electron chi connectivity index (χ3n) is 3.51. The van der Waals surface area contributed by atoms with E-state index in [-0.39, 0.29) is 0 Å². The molecule has 0 fully saturated rings. The van der Waals surface area contributed by atoms with Crippen LogP contribution in [0.1, 0.15) is 0 Å². The molecule has 4 rings (SSSR count). The highest BCUT2D eigenvalue weighted by molar-refractivity contribution is 7.19. The van der Waals surface area contributed by atoms with Crippen LogP contribution in [0.15, 0.2) is 42.5 Å². The van der Waals surface area contributed by atoms with Crippen molar-refractivity contribution in [2.75, 3.05) is 7.11 Å². The molecule has 2 aromatic carbocycles. The van der Waals surface area contributed by atoms with E-state index in [4.69, 9.17) is 27.9 Å². The summed E-state index contributed by atoms with van der Waals surface area (Å²) in [6.45, 7) is 0. The van der Waals surface area contributed by atoms with Gasteiger partial charge >= 0.3 is 0 Å². The van der Waals surface area contributed by atoms with Crippen LogP contribution in [-0.4, -0.2) is 26.9 Å². The Morgan fingerprint density at radius 1 is 0.958 bits per heavy atom. The summed E-state index contributed by atoms with van der Waals surface area (Å²) < 4.78 is 6.90. The maximum absolute atomic E-state index is 6.09. The van der Waals surface area contributed by atoms with Crippen LogP contribution in [0.3, 0.4) is 0 Å². The molecular formula is C16H10Cl2N4OS. The van der Waals surface area contributed by atoms with E-state index < -0.39 is 0 Å². The molecule has 24 heavy (non-hydrogen) atoms. The lowest BCUT2D eigenvalue weighted by atomic mass is 10.2. The largest absolute Gasteiger partial charge is 0.497 e. The van der Waals surface area contributed by atoms with Crippen molar-refractivity contribution in [3.63, 3.8) is 0 Å². The molecule has 8 heteroatoms. The second-order valence-electron chi connectivity index (χ2n) is 4.98. The number of halogens is 2. The zero-order valence-electron chi connectivity index (χ0n) is 12.4. The number of fused-ring (bicyclic) bond motifs is 1. The normalized spacial score (nSPS) is 11.1. The minimum Gasteiger partial charge on any atom is -0.497 e. The predicted octanol–water partition coefficient (Wildman–Crippen LogP) is 4.84. The van der Waals surface area contributed by atoms with Gasteiger partial charge in [0.15, 0.2) is 5.82 Å². The van der Waals surface area contributed by atoms with Crippen LogP contribution in [0, 0.1) is 0 Å². The van der Waals surface area contributed by atoms with Gasteiger partial charge in [-0.15, -0.1) is 10.2 Å². The molecule has 0 atom stereocenters. The molecule has 2 aromatic heterocycles. The first-order valence-corrected chi connectivity index (χ1v) is 8.55. The predicted molar refractivity (Wildman–Crippen MR) is 96.1 cm³/mol. The molecule has 0 aliphatic rings. The standard InChI is InChI=1S/C16H10Cl2N4OS/c1-23-11-5-2-9(3-6-11)14-19-20-16-22(14)21-15(24-16)10-4-7-12(17)13(18)8-10/h2-8H,1H3. The Morgan fingerprint density at radius 2 is 1.71 bits per heavy atom.